The van der Waals surface area contributed by atoms with Crippen molar-refractivity contribution < 1.29 is 32.2 Å². The number of ether oxygens (including phenoxy) is 2. The maximum Gasteiger partial charge on any atom is 0.416 e. The summed E-state index contributed by atoms with van der Waals surface area (Å²) >= 11 is 0. The van der Waals surface area contributed by atoms with Gasteiger partial charge in [0, 0.05) is 24.4 Å². The zero-order chi connectivity index (χ0) is 27.1. The quantitative estimate of drug-likeness (QED) is 0.358. The molecule has 0 atom stereocenters. The molecule has 0 radical (unpaired) electrons. The lowest BCUT2D eigenvalue weighted by atomic mass is 10.1. The van der Waals surface area contributed by atoms with Crippen molar-refractivity contribution in [2.24, 2.45) is 0 Å². The molecule has 3 rings (SSSR count). The predicted octanol–water partition coefficient (Wildman–Crippen LogP) is 6.49. The normalized spacial score (nSPS) is 11.5. The Bertz CT molecular complexity index is 1240. The van der Waals surface area contributed by atoms with E-state index >= 15 is 0 Å². The van der Waals surface area contributed by atoms with Crippen LogP contribution >= 0.6 is 0 Å². The van der Waals surface area contributed by atoms with Gasteiger partial charge in [-0.05, 0) is 69.2 Å². The maximum atomic E-state index is 12.9. The van der Waals surface area contributed by atoms with Gasteiger partial charge in [0.05, 0.1) is 17.8 Å². The molecule has 1 heterocycles. The Morgan fingerprint density at radius 2 is 1.68 bits per heavy atom. The number of hydrogen-bond acceptors (Lipinski definition) is 5. The van der Waals surface area contributed by atoms with Gasteiger partial charge >= 0.3 is 12.3 Å². The van der Waals surface area contributed by atoms with Gasteiger partial charge in [0.2, 0.25) is 5.91 Å². The Balaban J connectivity index is 1.54. The second kappa shape index (κ2) is 11.8. The minimum absolute atomic E-state index is 0.0788. The van der Waals surface area contributed by atoms with Crippen LogP contribution in [-0.4, -0.2) is 22.6 Å². The molecular weight excluding hydrogens is 487 g/mol. The molecule has 0 aliphatic rings. The third-order valence-electron chi connectivity index (χ3n) is 4.85. The van der Waals surface area contributed by atoms with Crippen LogP contribution in [0.5, 0.6) is 11.5 Å². The van der Waals surface area contributed by atoms with Crippen LogP contribution in [0.25, 0.3) is 0 Å². The van der Waals surface area contributed by atoms with Gasteiger partial charge in [-0.1, -0.05) is 18.2 Å². The molecule has 2 amide bonds. The van der Waals surface area contributed by atoms with Crippen molar-refractivity contribution in [2.75, 3.05) is 5.32 Å². The maximum absolute atomic E-state index is 12.9. The molecule has 0 saturated heterocycles. The van der Waals surface area contributed by atoms with E-state index in [4.69, 9.17) is 9.47 Å². The fourth-order valence-corrected chi connectivity index (χ4v) is 3.25. The monoisotopic (exact) mass is 515 g/mol. The summed E-state index contributed by atoms with van der Waals surface area (Å²) in [6.07, 6.45) is -3.03. The number of amides is 2. The molecule has 1 aromatic heterocycles. The summed E-state index contributed by atoms with van der Waals surface area (Å²) in [4.78, 5) is 28.3. The number of benzene rings is 2. The number of carbonyl (C=O) groups is 2. The summed E-state index contributed by atoms with van der Waals surface area (Å²) in [5.41, 5.74) is 0.0525. The van der Waals surface area contributed by atoms with Gasteiger partial charge in [0.15, 0.2) is 0 Å². The molecule has 196 valence electrons. The Kier molecular flexibility index (Phi) is 8.75. The molecule has 7 nitrogen and oxygen atoms in total. The molecule has 0 bridgehead atoms. The first-order chi connectivity index (χ1) is 17.4. The number of nitrogens with one attached hydrogen (secondary N) is 2. The number of nitrogens with zero attached hydrogens (tertiary/aromatic N) is 1. The third-order valence-corrected chi connectivity index (χ3v) is 4.85. The predicted molar refractivity (Wildman–Crippen MR) is 132 cm³/mol. The van der Waals surface area contributed by atoms with Crippen molar-refractivity contribution >= 4 is 17.7 Å². The van der Waals surface area contributed by atoms with Crippen molar-refractivity contribution in [2.45, 2.75) is 51.9 Å². The van der Waals surface area contributed by atoms with E-state index in [0.29, 0.717) is 23.6 Å². The number of alkyl halides is 3. The molecule has 0 aliphatic carbocycles. The summed E-state index contributed by atoms with van der Waals surface area (Å²) in [5, 5.41) is 5.14. The van der Waals surface area contributed by atoms with E-state index in [1.54, 1.807) is 57.3 Å². The zero-order valence-electron chi connectivity index (χ0n) is 20.7. The summed E-state index contributed by atoms with van der Waals surface area (Å²) in [7, 11) is 0. The molecule has 0 unspecified atom stereocenters. The first-order valence-corrected chi connectivity index (χ1v) is 11.5. The largest absolute Gasteiger partial charge is 0.457 e. The first kappa shape index (κ1) is 27.5. The summed E-state index contributed by atoms with van der Waals surface area (Å²) < 4.78 is 49.7. The second-order valence-corrected chi connectivity index (χ2v) is 9.21. The SMILES string of the molecule is CC(C)(C)OC(=O)NCc1cc(Oc2cccc(CCC(=O)Nc3cccc(C(F)(F)F)c3)c2)ccn1. The van der Waals surface area contributed by atoms with Gasteiger partial charge in [-0.25, -0.2) is 4.79 Å². The highest BCUT2D eigenvalue weighted by Gasteiger charge is 2.30. The Labute approximate surface area is 213 Å². The highest BCUT2D eigenvalue weighted by Crippen LogP contribution is 2.30. The minimum Gasteiger partial charge on any atom is -0.457 e. The lowest BCUT2D eigenvalue weighted by Gasteiger charge is -2.19. The van der Waals surface area contributed by atoms with Crippen LogP contribution in [0, 0.1) is 0 Å². The molecule has 2 N–H and O–H groups in total. The minimum atomic E-state index is -4.48. The Morgan fingerprint density at radius 3 is 2.41 bits per heavy atom. The highest BCUT2D eigenvalue weighted by molar-refractivity contribution is 5.90. The van der Waals surface area contributed by atoms with Crippen LogP contribution in [0.15, 0.2) is 66.9 Å². The van der Waals surface area contributed by atoms with Crippen LogP contribution < -0.4 is 15.4 Å². The van der Waals surface area contributed by atoms with Crippen LogP contribution in [0.3, 0.4) is 0 Å². The number of hydrogen-bond donors (Lipinski definition) is 2. The Morgan fingerprint density at radius 1 is 0.946 bits per heavy atom. The number of halogens is 3. The van der Waals surface area contributed by atoms with Gasteiger partial charge in [-0.2, -0.15) is 13.2 Å². The molecule has 0 fully saturated rings. The molecule has 0 aliphatic heterocycles. The van der Waals surface area contributed by atoms with Gasteiger partial charge in [-0.15, -0.1) is 0 Å². The van der Waals surface area contributed by atoms with E-state index in [1.165, 1.54) is 12.1 Å². The second-order valence-electron chi connectivity index (χ2n) is 9.21. The number of alkyl carbamates (subject to hydrolysis) is 1. The van der Waals surface area contributed by atoms with Gasteiger partial charge in [-0.3, -0.25) is 9.78 Å². The Hall–Kier alpha value is -4.08. The number of rotatable bonds is 8. The number of aryl methyl sites for hydroxylation is 1. The fourth-order valence-electron chi connectivity index (χ4n) is 3.25. The third kappa shape index (κ3) is 9.47. The molecular formula is C27H28F3N3O4. The van der Waals surface area contributed by atoms with E-state index < -0.39 is 29.3 Å². The van der Waals surface area contributed by atoms with Crippen molar-refractivity contribution in [3.8, 4) is 11.5 Å². The number of carbonyl (C=O) groups excluding carboxylic acids is 2. The summed E-state index contributed by atoms with van der Waals surface area (Å²) in [6.45, 7) is 5.48. The molecule has 3 aromatic rings. The fraction of sp³-hybridized carbons (Fsp3) is 0.296. The zero-order valence-corrected chi connectivity index (χ0v) is 20.7. The van der Waals surface area contributed by atoms with Crippen LogP contribution in [0.2, 0.25) is 0 Å². The van der Waals surface area contributed by atoms with Crippen molar-refractivity contribution in [3.63, 3.8) is 0 Å². The van der Waals surface area contributed by atoms with Gasteiger partial charge in [0.1, 0.15) is 17.1 Å². The van der Waals surface area contributed by atoms with E-state index in [9.17, 15) is 22.8 Å². The molecule has 0 saturated carbocycles. The van der Waals surface area contributed by atoms with Gasteiger partial charge in [0.25, 0.3) is 0 Å². The van der Waals surface area contributed by atoms with Gasteiger partial charge < -0.3 is 20.1 Å². The molecule has 2 aromatic carbocycles. The van der Waals surface area contributed by atoms with Crippen molar-refractivity contribution in [1.29, 1.82) is 0 Å². The van der Waals surface area contributed by atoms with E-state index in [1.807, 2.05) is 6.07 Å². The number of anilines is 1. The average Bonchev–Trinajstić information content (AvgIpc) is 2.81. The number of pyridine rings is 1. The lowest BCUT2D eigenvalue weighted by molar-refractivity contribution is -0.137. The highest BCUT2D eigenvalue weighted by atomic mass is 19.4. The molecule has 0 spiro atoms. The smallest absolute Gasteiger partial charge is 0.416 e. The number of aromatic nitrogens is 1. The standard InChI is InChI=1S/C27H28F3N3O4/c1-26(2,3)37-25(35)32-17-21-16-23(12-13-31-21)36-22-9-4-6-18(14-22)10-11-24(34)33-20-8-5-7-19(15-20)27(28,29)30/h4-9,12-16H,10-11,17H2,1-3H3,(H,32,35)(H,33,34). The molecule has 37 heavy (non-hydrogen) atoms. The van der Waals surface area contributed by atoms with Crippen molar-refractivity contribution in [3.05, 3.63) is 83.7 Å². The van der Waals surface area contributed by atoms with E-state index in [-0.39, 0.29) is 18.7 Å². The van der Waals surface area contributed by atoms with E-state index in [0.717, 1.165) is 17.7 Å². The summed E-state index contributed by atoms with van der Waals surface area (Å²) in [6, 6.07) is 15.0. The summed E-state index contributed by atoms with van der Waals surface area (Å²) in [5.74, 6) is 0.644. The van der Waals surface area contributed by atoms with Crippen LogP contribution in [0.4, 0.5) is 23.7 Å². The topological polar surface area (TPSA) is 89.5 Å². The van der Waals surface area contributed by atoms with Crippen LogP contribution in [0.1, 0.15) is 44.0 Å². The molecule has 10 heteroatoms. The lowest BCUT2D eigenvalue weighted by Crippen LogP contribution is -2.32. The average molecular weight is 516 g/mol. The van der Waals surface area contributed by atoms with Crippen LogP contribution in [-0.2, 0) is 28.7 Å². The first-order valence-electron chi connectivity index (χ1n) is 11.5. The van der Waals surface area contributed by atoms with E-state index in [2.05, 4.69) is 15.6 Å². The van der Waals surface area contributed by atoms with Crippen molar-refractivity contribution in [1.82, 2.24) is 10.3 Å².